The number of hydrogen-bond acceptors (Lipinski definition) is 6. The van der Waals surface area contributed by atoms with Crippen LogP contribution in [0.5, 0.6) is 0 Å². The van der Waals surface area contributed by atoms with Gasteiger partial charge in [-0.15, -0.1) is 0 Å². The Morgan fingerprint density at radius 1 is 1.23 bits per heavy atom. The van der Waals surface area contributed by atoms with E-state index in [9.17, 15) is 4.79 Å². The van der Waals surface area contributed by atoms with Crippen molar-refractivity contribution in [3.05, 3.63) is 36.7 Å². The van der Waals surface area contributed by atoms with E-state index in [1.165, 1.54) is 0 Å². The average Bonchev–Trinajstić information content (AvgIpc) is 2.56. The number of amides is 1. The van der Waals surface area contributed by atoms with Gasteiger partial charge in [-0.3, -0.25) is 14.8 Å². The highest BCUT2D eigenvalue weighted by molar-refractivity contribution is 5.73. The van der Waals surface area contributed by atoms with Gasteiger partial charge in [0.25, 0.3) is 0 Å². The second kappa shape index (κ2) is 6.46. The second-order valence-electron chi connectivity index (χ2n) is 5.35. The van der Waals surface area contributed by atoms with Crippen LogP contribution in [-0.2, 0) is 4.79 Å². The lowest BCUT2D eigenvalue weighted by Gasteiger charge is -2.31. The van der Waals surface area contributed by atoms with Crippen molar-refractivity contribution in [1.29, 1.82) is 0 Å². The molecule has 0 radical (unpaired) electrons. The molecular weight excluding hydrogens is 280 g/mol. The van der Waals surface area contributed by atoms with Gasteiger partial charge in [-0.1, -0.05) is 0 Å². The maximum absolute atomic E-state index is 11.5. The molecule has 1 saturated heterocycles. The number of rotatable bonds is 3. The lowest BCUT2D eigenvalue weighted by molar-refractivity contribution is -0.130. The summed E-state index contributed by atoms with van der Waals surface area (Å²) in [7, 11) is 0. The first kappa shape index (κ1) is 14.4. The molecule has 0 bridgehead atoms. The summed E-state index contributed by atoms with van der Waals surface area (Å²) in [5.74, 6) is 1.61. The molecular formula is C15H18N6O. The van der Waals surface area contributed by atoms with Crippen LogP contribution < -0.4 is 5.32 Å². The Bertz CT molecular complexity index is 647. The van der Waals surface area contributed by atoms with E-state index >= 15 is 0 Å². The minimum Gasteiger partial charge on any atom is -0.342 e. The minimum atomic E-state index is 0.117. The smallest absolute Gasteiger partial charge is 0.219 e. The highest BCUT2D eigenvalue weighted by Gasteiger charge is 2.24. The Morgan fingerprint density at radius 3 is 2.86 bits per heavy atom. The first-order valence-corrected chi connectivity index (χ1v) is 7.33. The molecule has 3 rings (SSSR count). The number of carbonyl (C=O) groups excluding carboxylic acids is 1. The van der Waals surface area contributed by atoms with E-state index in [2.05, 4.69) is 25.3 Å². The van der Waals surface area contributed by atoms with Crippen LogP contribution >= 0.6 is 0 Å². The Balaban J connectivity index is 1.75. The molecule has 0 aromatic carbocycles. The molecule has 1 aliphatic heterocycles. The first-order valence-electron chi connectivity index (χ1n) is 7.33. The molecule has 0 aliphatic carbocycles. The van der Waals surface area contributed by atoms with Crippen molar-refractivity contribution in [3.8, 4) is 0 Å². The molecule has 1 N–H and O–H groups in total. The van der Waals surface area contributed by atoms with Gasteiger partial charge in [0.05, 0.1) is 18.1 Å². The maximum atomic E-state index is 11.5. The van der Waals surface area contributed by atoms with Crippen molar-refractivity contribution < 1.29 is 4.79 Å². The van der Waals surface area contributed by atoms with Crippen molar-refractivity contribution in [2.45, 2.75) is 25.7 Å². The zero-order valence-corrected chi connectivity index (χ0v) is 12.4. The summed E-state index contributed by atoms with van der Waals surface area (Å²) >= 11 is 0. The predicted molar refractivity (Wildman–Crippen MR) is 81.6 cm³/mol. The number of hydrogen-bond donors (Lipinski definition) is 1. The van der Waals surface area contributed by atoms with Crippen molar-refractivity contribution in [3.63, 3.8) is 0 Å². The number of piperidine rings is 1. The summed E-state index contributed by atoms with van der Waals surface area (Å²) in [5, 5.41) is 3.09. The molecule has 3 heterocycles. The lowest BCUT2D eigenvalue weighted by Crippen LogP contribution is -2.37. The van der Waals surface area contributed by atoms with E-state index in [-0.39, 0.29) is 11.8 Å². The largest absolute Gasteiger partial charge is 0.342 e. The normalized spacial score (nSPS) is 18.0. The van der Waals surface area contributed by atoms with Crippen LogP contribution in [0, 0.1) is 0 Å². The van der Waals surface area contributed by atoms with Crippen LogP contribution in [0.3, 0.4) is 0 Å². The van der Waals surface area contributed by atoms with Gasteiger partial charge in [0, 0.05) is 44.5 Å². The van der Waals surface area contributed by atoms with Gasteiger partial charge in [0.1, 0.15) is 11.6 Å². The van der Waals surface area contributed by atoms with Gasteiger partial charge < -0.3 is 10.2 Å². The number of carbonyl (C=O) groups is 1. The van der Waals surface area contributed by atoms with Gasteiger partial charge in [-0.05, 0) is 12.8 Å². The van der Waals surface area contributed by atoms with E-state index in [1.54, 1.807) is 37.9 Å². The van der Waals surface area contributed by atoms with E-state index in [0.717, 1.165) is 25.1 Å². The minimum absolute atomic E-state index is 0.117. The molecule has 7 heteroatoms. The zero-order chi connectivity index (χ0) is 15.4. The first-order chi connectivity index (χ1) is 10.7. The number of nitrogens with zero attached hydrogens (tertiary/aromatic N) is 5. The SMILES string of the molecule is CC(=O)N1CCCC(c2cncc(Nc3cnccn3)n2)C1. The number of aromatic nitrogens is 4. The van der Waals surface area contributed by atoms with Crippen molar-refractivity contribution >= 4 is 17.5 Å². The van der Waals surface area contributed by atoms with Gasteiger partial charge in [-0.25, -0.2) is 9.97 Å². The Morgan fingerprint density at radius 2 is 2.09 bits per heavy atom. The molecule has 1 atom stereocenters. The molecule has 2 aromatic rings. The van der Waals surface area contributed by atoms with Crippen LogP contribution in [-0.4, -0.2) is 43.8 Å². The van der Waals surface area contributed by atoms with Crippen LogP contribution in [0.1, 0.15) is 31.4 Å². The van der Waals surface area contributed by atoms with E-state index in [0.29, 0.717) is 18.2 Å². The van der Waals surface area contributed by atoms with Crippen LogP contribution in [0.15, 0.2) is 31.0 Å². The second-order valence-corrected chi connectivity index (χ2v) is 5.35. The van der Waals surface area contributed by atoms with E-state index in [1.807, 2.05) is 4.90 Å². The molecule has 2 aromatic heterocycles. The fourth-order valence-electron chi connectivity index (χ4n) is 2.64. The van der Waals surface area contributed by atoms with Gasteiger partial charge >= 0.3 is 0 Å². The van der Waals surface area contributed by atoms with Crippen LogP contribution in [0.4, 0.5) is 11.6 Å². The van der Waals surface area contributed by atoms with Gasteiger partial charge in [0.2, 0.25) is 5.91 Å². The lowest BCUT2D eigenvalue weighted by atomic mass is 9.95. The summed E-state index contributed by atoms with van der Waals surface area (Å²) in [4.78, 5) is 30.4. The number of anilines is 2. The summed E-state index contributed by atoms with van der Waals surface area (Å²) in [6.45, 7) is 3.15. The summed E-state index contributed by atoms with van der Waals surface area (Å²) < 4.78 is 0. The van der Waals surface area contributed by atoms with Crippen molar-refractivity contribution in [1.82, 2.24) is 24.8 Å². The molecule has 114 valence electrons. The third kappa shape index (κ3) is 3.36. The topological polar surface area (TPSA) is 83.9 Å². The molecule has 1 fully saturated rings. The van der Waals surface area contributed by atoms with E-state index < -0.39 is 0 Å². The fourth-order valence-corrected chi connectivity index (χ4v) is 2.64. The third-order valence-corrected chi connectivity index (χ3v) is 3.76. The van der Waals surface area contributed by atoms with E-state index in [4.69, 9.17) is 0 Å². The Kier molecular flexibility index (Phi) is 4.22. The third-order valence-electron chi connectivity index (χ3n) is 3.76. The molecule has 1 unspecified atom stereocenters. The Labute approximate surface area is 128 Å². The maximum Gasteiger partial charge on any atom is 0.219 e. The summed E-state index contributed by atoms with van der Waals surface area (Å²) in [6.07, 6.45) is 10.3. The monoisotopic (exact) mass is 298 g/mol. The molecule has 1 aliphatic rings. The van der Waals surface area contributed by atoms with Gasteiger partial charge in [0.15, 0.2) is 0 Å². The zero-order valence-electron chi connectivity index (χ0n) is 12.4. The van der Waals surface area contributed by atoms with Crippen LogP contribution in [0.25, 0.3) is 0 Å². The predicted octanol–water partition coefficient (Wildman–Crippen LogP) is 1.74. The molecule has 7 nitrogen and oxygen atoms in total. The molecule has 0 saturated carbocycles. The molecule has 22 heavy (non-hydrogen) atoms. The van der Waals surface area contributed by atoms with Crippen molar-refractivity contribution in [2.75, 3.05) is 18.4 Å². The average molecular weight is 298 g/mol. The standard InChI is InChI=1S/C15H18N6O/c1-11(22)21-6-2-3-12(10-21)13-7-17-9-15(19-13)20-14-8-16-4-5-18-14/h4-5,7-9,12H,2-3,6,10H2,1H3,(H,18,19,20). The molecule has 0 spiro atoms. The fraction of sp³-hybridized carbons (Fsp3) is 0.400. The quantitative estimate of drug-likeness (QED) is 0.929. The van der Waals surface area contributed by atoms with Gasteiger partial charge in [-0.2, -0.15) is 0 Å². The Hall–Kier alpha value is -2.57. The summed E-state index contributed by atoms with van der Waals surface area (Å²) in [6, 6.07) is 0. The summed E-state index contributed by atoms with van der Waals surface area (Å²) in [5.41, 5.74) is 0.903. The number of nitrogens with one attached hydrogen (secondary N) is 1. The number of likely N-dealkylation sites (tertiary alicyclic amines) is 1. The highest BCUT2D eigenvalue weighted by atomic mass is 16.2. The van der Waals surface area contributed by atoms with Crippen LogP contribution in [0.2, 0.25) is 0 Å². The van der Waals surface area contributed by atoms with Crippen molar-refractivity contribution in [2.24, 2.45) is 0 Å². The molecule has 1 amide bonds. The highest BCUT2D eigenvalue weighted by Crippen LogP contribution is 2.26.